The van der Waals surface area contributed by atoms with Gasteiger partial charge in [-0.25, -0.2) is 18.2 Å². The minimum Gasteiger partial charge on any atom is -0.459 e. The molecule has 6 nitrogen and oxygen atoms in total. The van der Waals surface area contributed by atoms with Gasteiger partial charge in [-0.05, 0) is 53.4 Å². The molecule has 8 heteroatoms. The highest BCUT2D eigenvalue weighted by Crippen LogP contribution is 2.51. The molecular weight excluding hydrogens is 516 g/mol. The number of nitrogens with zero attached hydrogens (tertiary/aromatic N) is 2. The van der Waals surface area contributed by atoms with Crippen molar-refractivity contribution in [2.24, 2.45) is 11.8 Å². The first-order valence-electron chi connectivity index (χ1n) is 14.2. The van der Waals surface area contributed by atoms with E-state index in [1.807, 2.05) is 22.0 Å². The summed E-state index contributed by atoms with van der Waals surface area (Å²) in [7, 11) is 3.68. The molecule has 0 radical (unpaired) electrons. The van der Waals surface area contributed by atoms with Crippen LogP contribution in [0.4, 0.5) is 0 Å². The van der Waals surface area contributed by atoms with E-state index in [0.717, 1.165) is 38.5 Å². The van der Waals surface area contributed by atoms with E-state index < -0.39 is 0 Å². The summed E-state index contributed by atoms with van der Waals surface area (Å²) in [4.78, 5) is 24.6. The smallest absolute Gasteiger partial charge is 0.333 e. The summed E-state index contributed by atoms with van der Waals surface area (Å²) in [6.07, 6.45) is 5.10. The first-order chi connectivity index (χ1) is 17.5. The van der Waals surface area contributed by atoms with E-state index in [-0.39, 0.29) is 47.3 Å². The number of esters is 2. The lowest BCUT2D eigenvalue weighted by molar-refractivity contribution is -0.150. The molecule has 0 aliphatic carbocycles. The second-order valence-electron chi connectivity index (χ2n) is 12.8. The molecule has 2 rings (SSSR count). The Kier molecular flexibility index (Phi) is 11.9. The van der Waals surface area contributed by atoms with Gasteiger partial charge in [-0.2, -0.15) is 0 Å². The van der Waals surface area contributed by atoms with Crippen LogP contribution in [0.3, 0.4) is 0 Å². The molecule has 0 spiro atoms. The Balaban J connectivity index is 2.26. The van der Waals surface area contributed by atoms with Crippen LogP contribution in [-0.4, -0.2) is 55.9 Å². The molecule has 38 heavy (non-hydrogen) atoms. The van der Waals surface area contributed by atoms with E-state index in [0.29, 0.717) is 23.0 Å². The maximum absolute atomic E-state index is 12.3. The van der Waals surface area contributed by atoms with Gasteiger partial charge < -0.3 is 9.47 Å². The average molecular weight is 569 g/mol. The fraction of sp³-hybridized carbons (Fsp3) is 0.800. The van der Waals surface area contributed by atoms with Gasteiger partial charge in [-0.1, -0.05) is 53.7 Å². The van der Waals surface area contributed by atoms with Crippen LogP contribution in [0.5, 0.6) is 0 Å². The molecule has 2 saturated heterocycles. The largest absolute Gasteiger partial charge is 0.459 e. The van der Waals surface area contributed by atoms with Gasteiger partial charge in [0.05, 0.1) is 0 Å². The predicted octanol–water partition coefficient (Wildman–Crippen LogP) is 7.75. The molecule has 6 atom stereocenters. The average Bonchev–Trinajstić information content (AvgIpc) is 2.81. The van der Waals surface area contributed by atoms with Crippen LogP contribution in [0.2, 0.25) is 0 Å². The summed E-state index contributed by atoms with van der Waals surface area (Å²) >= 11 is 0. The molecule has 2 heterocycles. The van der Waals surface area contributed by atoms with E-state index in [1.54, 1.807) is 13.8 Å². The topological polar surface area (TPSA) is 59.1 Å². The molecule has 0 bridgehead atoms. The normalized spacial score (nSPS) is 29.2. The third-order valence-electron chi connectivity index (χ3n) is 8.30. The molecule has 2 aliphatic rings. The maximum Gasteiger partial charge on any atom is 0.333 e. The van der Waals surface area contributed by atoms with Gasteiger partial charge >= 0.3 is 11.9 Å². The van der Waals surface area contributed by atoms with Crippen molar-refractivity contribution in [1.82, 2.24) is 8.61 Å². The monoisotopic (exact) mass is 568 g/mol. The molecule has 6 unspecified atom stereocenters. The minimum atomic E-state index is -0.294. The van der Waals surface area contributed by atoms with Gasteiger partial charge in [-0.15, -0.1) is 0 Å². The Morgan fingerprint density at radius 2 is 1.11 bits per heavy atom. The molecule has 0 amide bonds. The quantitative estimate of drug-likeness (QED) is 0.108. The number of hydrogen-bond donors (Lipinski definition) is 0. The van der Waals surface area contributed by atoms with Crippen LogP contribution in [-0.2, 0) is 19.1 Å². The second kappa shape index (κ2) is 13.6. The van der Waals surface area contributed by atoms with Crippen molar-refractivity contribution < 1.29 is 19.1 Å². The van der Waals surface area contributed by atoms with Crippen LogP contribution >= 0.6 is 22.0 Å². The van der Waals surface area contributed by atoms with Crippen LogP contribution in [0.1, 0.15) is 108 Å². The third-order valence-corrected chi connectivity index (χ3v) is 11.4. The number of hydrogen-bond acceptors (Lipinski definition) is 8. The van der Waals surface area contributed by atoms with Crippen LogP contribution in [0.15, 0.2) is 24.3 Å². The van der Waals surface area contributed by atoms with E-state index >= 15 is 0 Å². The molecule has 0 aromatic carbocycles. The highest BCUT2D eigenvalue weighted by Gasteiger charge is 2.48. The Bertz CT molecular complexity index is 804. The first-order valence-corrected chi connectivity index (χ1v) is 16.3. The number of ether oxygens (including phenoxy) is 2. The zero-order valence-electron chi connectivity index (χ0n) is 25.5. The fourth-order valence-electron chi connectivity index (χ4n) is 5.63. The van der Waals surface area contributed by atoms with Crippen molar-refractivity contribution in [3.05, 3.63) is 24.3 Å². The summed E-state index contributed by atoms with van der Waals surface area (Å²) in [5, 5.41) is 0. The second-order valence-corrected chi connectivity index (χ2v) is 14.8. The van der Waals surface area contributed by atoms with E-state index in [4.69, 9.17) is 9.47 Å². The van der Waals surface area contributed by atoms with Crippen LogP contribution in [0, 0.1) is 11.8 Å². The summed E-state index contributed by atoms with van der Waals surface area (Å²) in [5.74, 6) is 0.328. The zero-order chi connectivity index (χ0) is 29.0. The first kappa shape index (κ1) is 33.2. The number of carbonyl (C=O) groups excluding carboxylic acids is 2. The summed E-state index contributed by atoms with van der Waals surface area (Å²) < 4.78 is 16.9. The lowest BCUT2D eigenvalue weighted by Gasteiger charge is -2.54. The lowest BCUT2D eigenvalue weighted by Crippen LogP contribution is -2.57. The molecule has 0 saturated carbocycles. The highest BCUT2D eigenvalue weighted by atomic mass is 33.1. The molecule has 0 aromatic heterocycles. The Labute approximate surface area is 240 Å². The summed E-state index contributed by atoms with van der Waals surface area (Å²) in [6.45, 7) is 29.1. The van der Waals surface area contributed by atoms with Crippen LogP contribution < -0.4 is 0 Å². The molecule has 218 valence electrons. The SMILES string of the molecule is C=C(C)C(=O)OC1CC(C(C)CC)N(SSN2C(C(C)CC)CC(OC(=O)C(=C)C)CC2(C)C)C(C)(C)C1. The molecular formula is C30H52N2O4S2. The highest BCUT2D eigenvalue weighted by molar-refractivity contribution is 8.74. The van der Waals surface area contributed by atoms with Crippen molar-refractivity contribution in [3.63, 3.8) is 0 Å². The van der Waals surface area contributed by atoms with E-state index in [9.17, 15) is 9.59 Å². The molecule has 0 N–H and O–H groups in total. The Morgan fingerprint density at radius 3 is 1.37 bits per heavy atom. The summed E-state index contributed by atoms with van der Waals surface area (Å²) in [5.41, 5.74) is 0.585. The van der Waals surface area contributed by atoms with Crippen molar-refractivity contribution in [2.75, 3.05) is 0 Å². The summed E-state index contributed by atoms with van der Waals surface area (Å²) in [6, 6.07) is 0.562. The van der Waals surface area contributed by atoms with Crippen molar-refractivity contribution in [2.45, 2.75) is 143 Å². The van der Waals surface area contributed by atoms with Gasteiger partial charge in [0.2, 0.25) is 0 Å². The van der Waals surface area contributed by atoms with Gasteiger partial charge in [0.15, 0.2) is 0 Å². The van der Waals surface area contributed by atoms with E-state index in [2.05, 4.69) is 77.2 Å². The lowest BCUT2D eigenvalue weighted by atomic mass is 9.82. The van der Waals surface area contributed by atoms with Crippen molar-refractivity contribution in [3.8, 4) is 0 Å². The maximum atomic E-state index is 12.3. The molecule has 2 aliphatic heterocycles. The standard InChI is InChI=1S/C30H52N2O4S2/c1-13-21(7)25-15-23(35-27(33)19(3)4)17-29(9,10)31(25)37-38-32-26(22(8)14-2)16-24(18-30(32,11)12)36-28(34)20(5)6/h21-26H,3,5,13-18H2,1-2,4,6-12H3. The van der Waals surface area contributed by atoms with Gasteiger partial charge in [0, 0.05) is 82.0 Å². The van der Waals surface area contributed by atoms with Gasteiger partial charge in [0.25, 0.3) is 0 Å². The van der Waals surface area contributed by atoms with Gasteiger partial charge in [-0.3, -0.25) is 0 Å². The van der Waals surface area contributed by atoms with E-state index in [1.165, 1.54) is 0 Å². The number of rotatable bonds is 11. The molecule has 0 aromatic rings. The minimum absolute atomic E-state index is 0.113. The van der Waals surface area contributed by atoms with Crippen molar-refractivity contribution in [1.29, 1.82) is 0 Å². The predicted molar refractivity (Wildman–Crippen MR) is 161 cm³/mol. The number of carbonyl (C=O) groups is 2. The number of piperidine rings is 2. The van der Waals surface area contributed by atoms with Crippen LogP contribution in [0.25, 0.3) is 0 Å². The van der Waals surface area contributed by atoms with Gasteiger partial charge in [0.1, 0.15) is 12.2 Å². The van der Waals surface area contributed by atoms with Crippen molar-refractivity contribution >= 4 is 33.9 Å². The third kappa shape index (κ3) is 8.28. The zero-order valence-corrected chi connectivity index (χ0v) is 27.1. The Hall–Kier alpha value is -0.960. The fourth-order valence-corrected chi connectivity index (χ4v) is 9.44. The Morgan fingerprint density at radius 1 is 0.789 bits per heavy atom. The molecule has 2 fully saturated rings.